The van der Waals surface area contributed by atoms with E-state index in [2.05, 4.69) is 9.97 Å². The molecule has 3 heteroatoms. The van der Waals surface area contributed by atoms with Gasteiger partial charge in [0.25, 0.3) is 0 Å². The first-order chi connectivity index (χ1) is 7.27. The van der Waals surface area contributed by atoms with Crippen LogP contribution in [0.5, 0.6) is 0 Å². The Kier molecular flexibility index (Phi) is 1.51. The average Bonchev–Trinajstić information content (AvgIpc) is 2.54. The molecule has 3 nitrogen and oxygen atoms in total. The lowest BCUT2D eigenvalue weighted by Gasteiger charge is -1.98. The van der Waals surface area contributed by atoms with Crippen molar-refractivity contribution in [1.82, 2.24) is 9.97 Å². The number of aryl methyl sites for hydroxylation is 1. The highest BCUT2D eigenvalue weighted by atomic mass is 16.1. The van der Waals surface area contributed by atoms with Crippen LogP contribution in [0.3, 0.4) is 0 Å². The number of fused-ring (bicyclic) bond motifs is 3. The monoisotopic (exact) mass is 196 g/mol. The Morgan fingerprint density at radius 2 is 1.87 bits per heavy atom. The number of ketones is 1. The summed E-state index contributed by atoms with van der Waals surface area (Å²) in [5.41, 5.74) is 3.65. The molecule has 0 fully saturated rings. The Morgan fingerprint density at radius 3 is 2.73 bits per heavy atom. The van der Waals surface area contributed by atoms with Crippen LogP contribution >= 0.6 is 0 Å². The van der Waals surface area contributed by atoms with E-state index in [1.165, 1.54) is 0 Å². The van der Waals surface area contributed by atoms with Gasteiger partial charge in [0.05, 0.1) is 11.1 Å². The van der Waals surface area contributed by atoms with E-state index in [-0.39, 0.29) is 5.78 Å². The quantitative estimate of drug-likeness (QED) is 0.552. The third-order valence-corrected chi connectivity index (χ3v) is 2.56. The molecular formula is C12H8N2O. The van der Waals surface area contributed by atoms with Crippen molar-refractivity contribution in [3.63, 3.8) is 0 Å². The second-order valence-corrected chi connectivity index (χ2v) is 3.58. The molecule has 3 rings (SSSR count). The van der Waals surface area contributed by atoms with Crippen molar-refractivity contribution in [3.8, 4) is 11.4 Å². The molecule has 1 aliphatic carbocycles. The first-order valence-electron chi connectivity index (χ1n) is 4.75. The van der Waals surface area contributed by atoms with Crippen molar-refractivity contribution in [3.05, 3.63) is 47.3 Å². The van der Waals surface area contributed by atoms with Crippen LogP contribution < -0.4 is 0 Å². The fourth-order valence-electron chi connectivity index (χ4n) is 1.84. The smallest absolute Gasteiger partial charge is 0.197 e. The molecule has 0 N–H and O–H groups in total. The molecule has 0 amide bonds. The Balaban J connectivity index is 2.39. The van der Waals surface area contributed by atoms with E-state index in [0.29, 0.717) is 16.8 Å². The Labute approximate surface area is 86.8 Å². The normalized spacial score (nSPS) is 12.5. The number of pyridine rings is 2. The minimum absolute atomic E-state index is 0.0283. The van der Waals surface area contributed by atoms with Crippen molar-refractivity contribution >= 4 is 5.78 Å². The predicted molar refractivity (Wildman–Crippen MR) is 55.6 cm³/mol. The third-order valence-electron chi connectivity index (χ3n) is 2.56. The van der Waals surface area contributed by atoms with Crippen LogP contribution in [0.25, 0.3) is 11.4 Å². The minimum atomic E-state index is 0.0283. The number of hydrogen-bond donors (Lipinski definition) is 0. The standard InChI is InChI=1S/C12H8N2O/c1-7-4-5-9-11(14-7)10-8(12(9)15)3-2-6-13-10/h2-6H,1H3. The zero-order valence-corrected chi connectivity index (χ0v) is 8.19. The van der Waals surface area contributed by atoms with Crippen LogP contribution in [-0.4, -0.2) is 15.8 Å². The van der Waals surface area contributed by atoms with Crippen LogP contribution in [0.1, 0.15) is 21.6 Å². The summed E-state index contributed by atoms with van der Waals surface area (Å²) in [5.74, 6) is 0.0283. The van der Waals surface area contributed by atoms with Gasteiger partial charge in [0, 0.05) is 11.9 Å². The molecule has 0 unspecified atom stereocenters. The molecule has 0 radical (unpaired) electrons. The summed E-state index contributed by atoms with van der Waals surface area (Å²) in [6, 6.07) is 7.24. The highest BCUT2D eigenvalue weighted by molar-refractivity contribution is 6.20. The zero-order chi connectivity index (χ0) is 10.4. The van der Waals surface area contributed by atoms with Crippen molar-refractivity contribution in [2.45, 2.75) is 6.92 Å². The number of carbonyl (C=O) groups excluding carboxylic acids is 1. The molecule has 1 aliphatic rings. The molecule has 2 aromatic rings. The molecule has 0 atom stereocenters. The molecule has 0 spiro atoms. The van der Waals surface area contributed by atoms with Gasteiger partial charge in [0.2, 0.25) is 0 Å². The fourth-order valence-corrected chi connectivity index (χ4v) is 1.84. The van der Waals surface area contributed by atoms with E-state index < -0.39 is 0 Å². The zero-order valence-electron chi connectivity index (χ0n) is 8.19. The first kappa shape index (κ1) is 8.29. The van der Waals surface area contributed by atoms with E-state index in [0.717, 1.165) is 11.4 Å². The number of hydrogen-bond acceptors (Lipinski definition) is 3. The summed E-state index contributed by atoms with van der Waals surface area (Å²) in [7, 11) is 0. The van der Waals surface area contributed by atoms with Gasteiger partial charge in [0.15, 0.2) is 5.78 Å². The lowest BCUT2D eigenvalue weighted by molar-refractivity contribution is 0.104. The van der Waals surface area contributed by atoms with Crippen molar-refractivity contribution in [2.75, 3.05) is 0 Å². The van der Waals surface area contributed by atoms with Crippen molar-refractivity contribution < 1.29 is 4.79 Å². The molecule has 0 bridgehead atoms. The molecule has 0 saturated carbocycles. The fraction of sp³-hybridized carbons (Fsp3) is 0.0833. The Morgan fingerprint density at radius 1 is 1.07 bits per heavy atom. The summed E-state index contributed by atoms with van der Waals surface area (Å²) < 4.78 is 0. The molecule has 15 heavy (non-hydrogen) atoms. The summed E-state index contributed by atoms with van der Waals surface area (Å²) >= 11 is 0. The van der Waals surface area contributed by atoms with E-state index in [9.17, 15) is 4.79 Å². The number of nitrogens with zero attached hydrogens (tertiary/aromatic N) is 2. The van der Waals surface area contributed by atoms with Gasteiger partial charge >= 0.3 is 0 Å². The van der Waals surface area contributed by atoms with Crippen LogP contribution in [0, 0.1) is 6.92 Å². The van der Waals surface area contributed by atoms with Gasteiger partial charge in [-0.25, -0.2) is 0 Å². The lowest BCUT2D eigenvalue weighted by Crippen LogP contribution is -1.95. The van der Waals surface area contributed by atoms with Gasteiger partial charge in [-0.05, 0) is 31.2 Å². The maximum atomic E-state index is 11.9. The number of carbonyl (C=O) groups is 1. The molecular weight excluding hydrogens is 188 g/mol. The van der Waals surface area contributed by atoms with E-state index in [1.807, 2.05) is 19.1 Å². The summed E-state index contributed by atoms with van der Waals surface area (Å²) in [4.78, 5) is 20.5. The summed E-state index contributed by atoms with van der Waals surface area (Å²) in [5, 5.41) is 0. The maximum Gasteiger partial charge on any atom is 0.197 e. The van der Waals surface area contributed by atoms with Crippen LogP contribution in [0.2, 0.25) is 0 Å². The number of aromatic nitrogens is 2. The second kappa shape index (κ2) is 2.73. The minimum Gasteiger partial charge on any atom is -0.288 e. The third kappa shape index (κ3) is 1.03. The largest absolute Gasteiger partial charge is 0.288 e. The van der Waals surface area contributed by atoms with Gasteiger partial charge in [-0.15, -0.1) is 0 Å². The first-order valence-corrected chi connectivity index (χ1v) is 4.75. The molecule has 72 valence electrons. The van der Waals surface area contributed by atoms with Crippen molar-refractivity contribution in [2.24, 2.45) is 0 Å². The summed E-state index contributed by atoms with van der Waals surface area (Å²) in [6.45, 7) is 1.91. The Bertz CT molecular complexity index is 576. The van der Waals surface area contributed by atoms with Gasteiger partial charge in [-0.2, -0.15) is 0 Å². The molecule has 0 saturated heterocycles. The van der Waals surface area contributed by atoms with Crippen molar-refractivity contribution in [1.29, 1.82) is 0 Å². The second-order valence-electron chi connectivity index (χ2n) is 3.58. The molecule has 0 aromatic carbocycles. The number of rotatable bonds is 0. The molecule has 0 aliphatic heterocycles. The predicted octanol–water partition coefficient (Wildman–Crippen LogP) is 2.00. The van der Waals surface area contributed by atoms with E-state index in [1.54, 1.807) is 18.3 Å². The highest BCUT2D eigenvalue weighted by Crippen LogP contribution is 2.32. The van der Waals surface area contributed by atoms with Gasteiger partial charge in [-0.3, -0.25) is 14.8 Å². The average molecular weight is 196 g/mol. The van der Waals surface area contributed by atoms with Gasteiger partial charge in [0.1, 0.15) is 11.4 Å². The molecule has 2 heterocycles. The topological polar surface area (TPSA) is 42.9 Å². The van der Waals surface area contributed by atoms with Crippen LogP contribution in [-0.2, 0) is 0 Å². The Hall–Kier alpha value is -2.03. The van der Waals surface area contributed by atoms with E-state index in [4.69, 9.17) is 0 Å². The van der Waals surface area contributed by atoms with Crippen LogP contribution in [0.4, 0.5) is 0 Å². The maximum absolute atomic E-state index is 11.9. The van der Waals surface area contributed by atoms with E-state index >= 15 is 0 Å². The van der Waals surface area contributed by atoms with Crippen LogP contribution in [0.15, 0.2) is 30.5 Å². The molecule has 2 aromatic heterocycles. The highest BCUT2D eigenvalue weighted by Gasteiger charge is 2.28. The lowest BCUT2D eigenvalue weighted by atomic mass is 10.1. The summed E-state index contributed by atoms with van der Waals surface area (Å²) in [6.07, 6.45) is 1.69. The van der Waals surface area contributed by atoms with Gasteiger partial charge in [-0.1, -0.05) is 0 Å². The van der Waals surface area contributed by atoms with Gasteiger partial charge < -0.3 is 0 Å². The SMILES string of the molecule is Cc1ccc2c(n1)-c1ncccc1C2=O.